The summed E-state index contributed by atoms with van der Waals surface area (Å²) in [4.78, 5) is 22.5. The van der Waals surface area contributed by atoms with Gasteiger partial charge in [-0.3, -0.25) is 14.9 Å². The van der Waals surface area contributed by atoms with Gasteiger partial charge in [-0.25, -0.2) is 0 Å². The number of rotatable bonds is 8. The van der Waals surface area contributed by atoms with Gasteiger partial charge in [0, 0.05) is 22.8 Å². The summed E-state index contributed by atoms with van der Waals surface area (Å²) in [6, 6.07) is 6.07. The molecule has 1 aromatic carbocycles. The Morgan fingerprint density at radius 3 is 2.60 bits per heavy atom. The fourth-order valence-corrected chi connectivity index (χ4v) is 2.57. The highest BCUT2D eigenvalue weighted by atomic mass is 32.2. The van der Waals surface area contributed by atoms with E-state index < -0.39 is 4.92 Å². The Morgan fingerprint density at radius 2 is 2.10 bits per heavy atom. The van der Waals surface area contributed by atoms with Crippen LogP contribution >= 0.6 is 11.8 Å². The lowest BCUT2D eigenvalue weighted by molar-refractivity contribution is -0.384. The van der Waals surface area contributed by atoms with Crippen molar-refractivity contribution in [2.45, 2.75) is 24.3 Å². The second-order valence-electron chi connectivity index (χ2n) is 4.02. The zero-order chi connectivity index (χ0) is 15.0. The molecular weight excluding hydrogens is 280 g/mol. The van der Waals surface area contributed by atoms with Crippen molar-refractivity contribution in [3.05, 3.63) is 34.4 Å². The van der Waals surface area contributed by atoms with Crippen LogP contribution in [0.25, 0.3) is 0 Å². The zero-order valence-corrected chi connectivity index (χ0v) is 12.3. The molecular formula is C13H18N2O4S. The van der Waals surface area contributed by atoms with E-state index in [1.807, 2.05) is 6.92 Å². The number of non-ortho nitro benzene ring substituents is 1. The Kier molecular flexibility index (Phi) is 7.03. The first-order chi connectivity index (χ1) is 9.58. The summed E-state index contributed by atoms with van der Waals surface area (Å²) in [5.74, 6) is 0.459. The van der Waals surface area contributed by atoms with Gasteiger partial charge < -0.3 is 10.1 Å². The zero-order valence-electron chi connectivity index (χ0n) is 11.5. The van der Waals surface area contributed by atoms with E-state index in [2.05, 4.69) is 5.32 Å². The first-order valence-electron chi connectivity index (χ1n) is 6.27. The molecule has 1 aromatic rings. The molecule has 0 saturated carbocycles. The standard InChI is InChI=1S/C13H18N2O4S/c1-3-14-12(13(16)19-2)8-9-20-11-6-4-10(5-7-11)15(17)18/h4-7,12,14H,3,8-9H2,1-2H3. The lowest BCUT2D eigenvalue weighted by atomic mass is 10.2. The average molecular weight is 298 g/mol. The number of nitro groups is 1. The monoisotopic (exact) mass is 298 g/mol. The van der Waals surface area contributed by atoms with E-state index in [0.29, 0.717) is 13.0 Å². The first-order valence-corrected chi connectivity index (χ1v) is 7.25. The van der Waals surface area contributed by atoms with Crippen molar-refractivity contribution in [3.63, 3.8) is 0 Å². The predicted octanol–water partition coefficient (Wildman–Crippen LogP) is 2.23. The minimum Gasteiger partial charge on any atom is -0.468 e. The van der Waals surface area contributed by atoms with Crippen LogP contribution in [-0.4, -0.2) is 36.3 Å². The van der Waals surface area contributed by atoms with Gasteiger partial charge in [0.25, 0.3) is 5.69 Å². The molecule has 0 bridgehead atoms. The number of benzene rings is 1. The second-order valence-corrected chi connectivity index (χ2v) is 5.19. The van der Waals surface area contributed by atoms with Gasteiger partial charge in [-0.1, -0.05) is 6.92 Å². The van der Waals surface area contributed by atoms with Crippen molar-refractivity contribution in [2.24, 2.45) is 0 Å². The largest absolute Gasteiger partial charge is 0.468 e. The Balaban J connectivity index is 2.45. The highest BCUT2D eigenvalue weighted by Crippen LogP contribution is 2.22. The number of nitro benzene ring substituents is 1. The highest BCUT2D eigenvalue weighted by Gasteiger charge is 2.17. The van der Waals surface area contributed by atoms with Crippen LogP contribution in [0.2, 0.25) is 0 Å². The summed E-state index contributed by atoms with van der Waals surface area (Å²) < 4.78 is 4.72. The van der Waals surface area contributed by atoms with Crippen LogP contribution in [0.3, 0.4) is 0 Å². The maximum Gasteiger partial charge on any atom is 0.322 e. The molecule has 0 aliphatic carbocycles. The molecule has 1 unspecified atom stereocenters. The summed E-state index contributed by atoms with van der Waals surface area (Å²) in [6.07, 6.45) is 0.641. The number of methoxy groups -OCH3 is 1. The summed E-state index contributed by atoms with van der Waals surface area (Å²) in [5.41, 5.74) is 0.0782. The van der Waals surface area contributed by atoms with E-state index in [4.69, 9.17) is 4.74 Å². The van der Waals surface area contributed by atoms with E-state index in [0.717, 1.165) is 10.6 Å². The first kappa shape index (κ1) is 16.5. The maximum absolute atomic E-state index is 11.5. The molecule has 0 aromatic heterocycles. The van der Waals surface area contributed by atoms with Gasteiger partial charge in [-0.15, -0.1) is 11.8 Å². The third-order valence-electron chi connectivity index (χ3n) is 2.66. The van der Waals surface area contributed by atoms with E-state index in [1.54, 1.807) is 23.9 Å². The summed E-state index contributed by atoms with van der Waals surface area (Å²) >= 11 is 1.55. The normalized spacial score (nSPS) is 11.9. The van der Waals surface area contributed by atoms with Gasteiger partial charge in [0.1, 0.15) is 6.04 Å². The highest BCUT2D eigenvalue weighted by molar-refractivity contribution is 7.99. The Bertz CT molecular complexity index is 450. The van der Waals surface area contributed by atoms with Crippen LogP contribution in [0, 0.1) is 10.1 Å². The van der Waals surface area contributed by atoms with Crippen LogP contribution in [0.1, 0.15) is 13.3 Å². The van der Waals surface area contributed by atoms with Gasteiger partial charge in [0.15, 0.2) is 0 Å². The molecule has 110 valence electrons. The van der Waals surface area contributed by atoms with Crippen LogP contribution in [0.15, 0.2) is 29.2 Å². The molecule has 1 atom stereocenters. The average Bonchev–Trinajstić information content (AvgIpc) is 2.46. The molecule has 0 spiro atoms. The third-order valence-corrected chi connectivity index (χ3v) is 3.70. The Labute approximate surface area is 122 Å². The number of likely N-dealkylation sites (N-methyl/N-ethyl adjacent to an activating group) is 1. The van der Waals surface area contributed by atoms with E-state index in [9.17, 15) is 14.9 Å². The predicted molar refractivity (Wildman–Crippen MR) is 77.9 cm³/mol. The van der Waals surface area contributed by atoms with Crippen molar-refractivity contribution in [3.8, 4) is 0 Å². The molecule has 7 heteroatoms. The smallest absolute Gasteiger partial charge is 0.322 e. The fourth-order valence-electron chi connectivity index (χ4n) is 1.65. The minimum atomic E-state index is -0.424. The number of nitrogens with one attached hydrogen (secondary N) is 1. The summed E-state index contributed by atoms with van der Waals surface area (Å²) in [6.45, 7) is 2.63. The number of hydrogen-bond acceptors (Lipinski definition) is 6. The lowest BCUT2D eigenvalue weighted by Gasteiger charge is -2.14. The molecule has 0 saturated heterocycles. The van der Waals surface area contributed by atoms with Crippen molar-refractivity contribution in [1.82, 2.24) is 5.32 Å². The molecule has 0 radical (unpaired) electrons. The van der Waals surface area contributed by atoms with Crippen molar-refractivity contribution < 1.29 is 14.5 Å². The molecule has 0 amide bonds. The number of nitrogens with zero attached hydrogens (tertiary/aromatic N) is 1. The molecule has 1 N–H and O–H groups in total. The van der Waals surface area contributed by atoms with Crippen LogP contribution in [0.5, 0.6) is 0 Å². The lowest BCUT2D eigenvalue weighted by Crippen LogP contribution is -2.37. The quantitative estimate of drug-likeness (QED) is 0.343. The number of hydrogen-bond donors (Lipinski definition) is 1. The number of carbonyl (C=O) groups excluding carboxylic acids is 1. The molecule has 6 nitrogen and oxygen atoms in total. The van der Waals surface area contributed by atoms with Gasteiger partial charge in [0.2, 0.25) is 0 Å². The van der Waals surface area contributed by atoms with Crippen molar-refractivity contribution in [2.75, 3.05) is 19.4 Å². The second kappa shape index (κ2) is 8.55. The van der Waals surface area contributed by atoms with Crippen molar-refractivity contribution >= 4 is 23.4 Å². The molecule has 0 aliphatic rings. The number of thioether (sulfide) groups is 1. The minimum absolute atomic E-state index is 0.0782. The van der Waals surface area contributed by atoms with Crippen LogP contribution in [0.4, 0.5) is 5.69 Å². The van der Waals surface area contributed by atoms with Gasteiger partial charge in [0.05, 0.1) is 12.0 Å². The summed E-state index contributed by atoms with van der Waals surface area (Å²) in [7, 11) is 1.37. The van der Waals surface area contributed by atoms with E-state index in [1.165, 1.54) is 19.2 Å². The van der Waals surface area contributed by atoms with Gasteiger partial charge >= 0.3 is 5.97 Å². The van der Waals surface area contributed by atoms with Crippen molar-refractivity contribution in [1.29, 1.82) is 0 Å². The molecule has 0 heterocycles. The fraction of sp³-hybridized carbons (Fsp3) is 0.462. The number of ether oxygens (including phenoxy) is 1. The van der Waals surface area contributed by atoms with Gasteiger partial charge in [-0.05, 0) is 25.1 Å². The maximum atomic E-state index is 11.5. The van der Waals surface area contributed by atoms with Gasteiger partial charge in [-0.2, -0.15) is 0 Å². The SMILES string of the molecule is CCNC(CCSc1ccc([N+](=O)[O-])cc1)C(=O)OC. The Morgan fingerprint density at radius 1 is 1.45 bits per heavy atom. The topological polar surface area (TPSA) is 81.5 Å². The molecule has 0 aliphatic heterocycles. The van der Waals surface area contributed by atoms with E-state index >= 15 is 0 Å². The number of esters is 1. The Hall–Kier alpha value is -1.60. The number of carbonyl (C=O) groups is 1. The van der Waals surface area contributed by atoms with Crippen LogP contribution < -0.4 is 5.32 Å². The molecule has 20 heavy (non-hydrogen) atoms. The third kappa shape index (κ3) is 5.18. The van der Waals surface area contributed by atoms with E-state index in [-0.39, 0.29) is 17.7 Å². The molecule has 0 fully saturated rings. The van der Waals surface area contributed by atoms with Crippen LogP contribution in [-0.2, 0) is 9.53 Å². The summed E-state index contributed by atoms with van der Waals surface area (Å²) in [5, 5.41) is 13.6. The molecule has 1 rings (SSSR count).